The second kappa shape index (κ2) is 8.92. The van der Waals surface area contributed by atoms with Gasteiger partial charge in [0.1, 0.15) is 18.3 Å². The van der Waals surface area contributed by atoms with Crippen molar-refractivity contribution in [2.45, 2.75) is 36.5 Å². The lowest BCUT2D eigenvalue weighted by Crippen LogP contribution is -2.38. The predicted molar refractivity (Wildman–Crippen MR) is 96.6 cm³/mol. The topological polar surface area (TPSA) is 275 Å². The summed E-state index contributed by atoms with van der Waals surface area (Å²) in [5, 5.41) is 25.7. The van der Waals surface area contributed by atoms with Crippen LogP contribution in [0, 0.1) is 5.82 Å². The van der Waals surface area contributed by atoms with E-state index in [0.717, 1.165) is 0 Å². The van der Waals surface area contributed by atoms with Crippen molar-refractivity contribution in [3.8, 4) is 0 Å². The molecule has 8 N–H and O–H groups in total. The number of rotatable bonds is 8. The first-order valence-electron chi connectivity index (χ1n) is 8.13. The molecule has 21 heteroatoms. The lowest BCUT2D eigenvalue weighted by atomic mass is 10.1. The highest BCUT2D eigenvalue weighted by atomic mass is 31.3. The van der Waals surface area contributed by atoms with Crippen molar-refractivity contribution in [2.24, 2.45) is 0 Å². The summed E-state index contributed by atoms with van der Waals surface area (Å²) in [6, 6.07) is 0. The van der Waals surface area contributed by atoms with Gasteiger partial charge in [-0.15, -0.1) is 0 Å². The number of aliphatic hydroxyl groups excluding tert-OH is 2. The zero-order valence-corrected chi connectivity index (χ0v) is 18.3. The number of ether oxygens (including phenoxy) is 1. The van der Waals surface area contributed by atoms with Gasteiger partial charge in [0.25, 0.3) is 10.6 Å². The van der Waals surface area contributed by atoms with Gasteiger partial charge in [0, 0.05) is 0 Å². The molecule has 1 aliphatic rings. The summed E-state index contributed by atoms with van der Waals surface area (Å²) in [5.74, 6) is -1.45. The standard InChI is InChI=1S/C11H18FN2O15P3/c1-11(19,30(20,21)22)31(23,24)29-32(25,26)27-3-5-6(15)7(16)9(28-5)14-2-4(12)8(17)13-10(14)18/h2,5-7,9,15-16,19H,3H2,1H3,(H,23,24)(H,25,26)(H,13,17,18)(H2,20,21,22)/t5?,6-,7-,9-,11?/m1/s1. The number of nitrogens with zero attached hydrogens (tertiary/aromatic N) is 1. The van der Waals surface area contributed by atoms with Gasteiger partial charge in [-0.1, -0.05) is 0 Å². The zero-order valence-electron chi connectivity index (χ0n) is 15.7. The normalized spacial score (nSPS) is 29.8. The molecule has 1 aromatic rings. The number of aromatic nitrogens is 2. The quantitative estimate of drug-likeness (QED) is 0.161. The van der Waals surface area contributed by atoms with Crippen LogP contribution < -0.4 is 11.2 Å². The van der Waals surface area contributed by atoms with E-state index in [2.05, 4.69) is 8.83 Å². The van der Waals surface area contributed by atoms with Crippen LogP contribution in [0.1, 0.15) is 13.2 Å². The van der Waals surface area contributed by atoms with Crippen LogP contribution in [0.3, 0.4) is 0 Å². The molecule has 1 fully saturated rings. The summed E-state index contributed by atoms with van der Waals surface area (Å²) in [5.41, 5.74) is -2.62. The minimum atomic E-state index is -5.92. The molecule has 2 heterocycles. The molecule has 0 aliphatic carbocycles. The van der Waals surface area contributed by atoms with Gasteiger partial charge in [0.2, 0.25) is 5.82 Å². The summed E-state index contributed by atoms with van der Waals surface area (Å²) in [6.45, 7) is -1.01. The molecule has 0 amide bonds. The van der Waals surface area contributed by atoms with Gasteiger partial charge in [0.05, 0.1) is 12.8 Å². The van der Waals surface area contributed by atoms with Gasteiger partial charge in [0.15, 0.2) is 6.23 Å². The molecular weight excluding hydrogens is 512 g/mol. The van der Waals surface area contributed by atoms with Gasteiger partial charge in [-0.05, 0) is 6.92 Å². The van der Waals surface area contributed by atoms with E-state index in [-0.39, 0.29) is 6.92 Å². The van der Waals surface area contributed by atoms with Crippen molar-refractivity contribution in [3.63, 3.8) is 0 Å². The highest BCUT2D eigenvalue weighted by Crippen LogP contribution is 2.74. The van der Waals surface area contributed by atoms with Crippen LogP contribution in [-0.2, 0) is 27.3 Å². The Hall–Kier alpha value is -1.10. The van der Waals surface area contributed by atoms with Crippen LogP contribution >= 0.6 is 23.0 Å². The number of phosphoric ester groups is 1. The van der Waals surface area contributed by atoms with Crippen LogP contribution in [0.15, 0.2) is 15.8 Å². The molecule has 7 atom stereocenters. The lowest BCUT2D eigenvalue weighted by Gasteiger charge is -2.29. The molecule has 0 radical (unpaired) electrons. The number of hydrogen-bond acceptors (Lipinski definition) is 11. The third-order valence-electron chi connectivity index (χ3n) is 4.24. The average Bonchev–Trinajstić information content (AvgIpc) is 2.89. The molecule has 4 unspecified atom stereocenters. The predicted octanol–water partition coefficient (Wildman–Crippen LogP) is -2.54. The summed E-state index contributed by atoms with van der Waals surface area (Å²) in [6.07, 6.45) is -7.08. The van der Waals surface area contributed by atoms with Gasteiger partial charge in [-0.2, -0.15) is 4.39 Å². The smallest absolute Gasteiger partial charge is 0.387 e. The van der Waals surface area contributed by atoms with E-state index >= 15 is 0 Å². The Morgan fingerprint density at radius 3 is 2.28 bits per heavy atom. The molecule has 2 rings (SSSR count). The molecular formula is C11H18FN2O15P3. The molecule has 0 spiro atoms. The Balaban J connectivity index is 2.15. The minimum absolute atomic E-state index is 0.167. The Labute approximate surface area is 175 Å². The minimum Gasteiger partial charge on any atom is -0.387 e. The molecule has 1 saturated heterocycles. The van der Waals surface area contributed by atoms with E-state index < -0.39 is 76.3 Å². The largest absolute Gasteiger partial charge is 0.479 e. The number of hydrogen-bond donors (Lipinski definition) is 8. The number of halogens is 1. The van der Waals surface area contributed by atoms with E-state index in [9.17, 15) is 52.8 Å². The molecule has 0 bridgehead atoms. The molecule has 1 aliphatic heterocycles. The molecule has 184 valence electrons. The summed E-state index contributed by atoms with van der Waals surface area (Å²) >= 11 is 0. The van der Waals surface area contributed by atoms with Crippen molar-refractivity contribution in [3.05, 3.63) is 32.9 Å². The number of aromatic amines is 1. The number of aliphatic hydroxyl groups is 3. The zero-order chi connectivity index (χ0) is 24.9. The molecule has 0 aromatic carbocycles. The van der Waals surface area contributed by atoms with Crippen molar-refractivity contribution in [1.29, 1.82) is 0 Å². The van der Waals surface area contributed by atoms with Gasteiger partial charge < -0.3 is 39.6 Å². The average molecular weight is 530 g/mol. The molecule has 32 heavy (non-hydrogen) atoms. The Morgan fingerprint density at radius 2 is 1.75 bits per heavy atom. The fourth-order valence-electron chi connectivity index (χ4n) is 2.32. The fraction of sp³-hybridized carbons (Fsp3) is 0.636. The molecule has 17 nitrogen and oxygen atoms in total. The Kier molecular flexibility index (Phi) is 7.57. The van der Waals surface area contributed by atoms with E-state index in [1.165, 1.54) is 0 Å². The number of nitrogens with one attached hydrogen (secondary N) is 1. The summed E-state index contributed by atoms with van der Waals surface area (Å²) < 4.78 is 61.9. The van der Waals surface area contributed by atoms with Crippen LogP contribution in [0.4, 0.5) is 4.39 Å². The summed E-state index contributed by atoms with van der Waals surface area (Å²) in [7, 11) is -17.3. The molecule has 1 aromatic heterocycles. The second-order valence-electron chi connectivity index (χ2n) is 6.57. The monoisotopic (exact) mass is 530 g/mol. The highest BCUT2D eigenvalue weighted by molar-refractivity contribution is 7.75. The van der Waals surface area contributed by atoms with Crippen LogP contribution in [-0.4, -0.2) is 74.4 Å². The third kappa shape index (κ3) is 5.34. The van der Waals surface area contributed by atoms with Gasteiger partial charge in [-0.3, -0.25) is 28.0 Å². The maximum Gasteiger partial charge on any atom is 0.479 e. The maximum absolute atomic E-state index is 13.4. The van der Waals surface area contributed by atoms with Crippen molar-refractivity contribution < 1.29 is 66.6 Å². The number of H-pyrrole nitrogens is 1. The van der Waals surface area contributed by atoms with E-state index in [0.29, 0.717) is 10.8 Å². The second-order valence-corrected chi connectivity index (χ2v) is 12.6. The van der Waals surface area contributed by atoms with Crippen molar-refractivity contribution >= 4 is 23.0 Å². The van der Waals surface area contributed by atoms with Crippen LogP contribution in [0.25, 0.3) is 0 Å². The fourth-order valence-corrected chi connectivity index (χ4v) is 6.23. The van der Waals surface area contributed by atoms with E-state index in [4.69, 9.17) is 14.5 Å². The lowest BCUT2D eigenvalue weighted by molar-refractivity contribution is -0.0546. The molecule has 0 saturated carbocycles. The maximum atomic E-state index is 13.4. The summed E-state index contributed by atoms with van der Waals surface area (Å²) in [4.78, 5) is 61.3. The van der Waals surface area contributed by atoms with Crippen LogP contribution in [0.5, 0.6) is 0 Å². The Morgan fingerprint density at radius 1 is 1.19 bits per heavy atom. The van der Waals surface area contributed by atoms with Crippen molar-refractivity contribution in [1.82, 2.24) is 9.55 Å². The van der Waals surface area contributed by atoms with E-state index in [1.54, 1.807) is 4.98 Å². The van der Waals surface area contributed by atoms with E-state index in [1.807, 2.05) is 0 Å². The first-order chi connectivity index (χ1) is 14.3. The first-order valence-corrected chi connectivity index (χ1v) is 12.8. The number of phosphoric acid groups is 1. The van der Waals surface area contributed by atoms with Crippen LogP contribution in [0.2, 0.25) is 0 Å². The van der Waals surface area contributed by atoms with Gasteiger partial charge in [-0.25, -0.2) is 13.7 Å². The van der Waals surface area contributed by atoms with Gasteiger partial charge >= 0.3 is 28.7 Å². The SMILES string of the molecule is CC(O)(P(=O)(O)O)P(=O)(O)OP(=O)(O)OCC1O[C@@H](n2cc(F)c(=O)[nH]c2=O)[C@H](O)[C@@H]1O. The highest BCUT2D eigenvalue weighted by Gasteiger charge is 2.60. The van der Waals surface area contributed by atoms with Crippen molar-refractivity contribution in [2.75, 3.05) is 6.61 Å². The Bertz CT molecular complexity index is 1130. The third-order valence-corrected chi connectivity index (χ3v) is 10.1. The first kappa shape index (κ1) is 27.1.